The van der Waals surface area contributed by atoms with Crippen LogP contribution in [0.25, 0.3) is 0 Å². The van der Waals surface area contributed by atoms with Crippen LogP contribution < -0.4 is 4.84 Å². The average molecular weight is 277 g/mol. The van der Waals surface area contributed by atoms with Gasteiger partial charge in [0, 0.05) is 13.0 Å². The molecule has 0 radical (unpaired) electrons. The van der Waals surface area contributed by atoms with Gasteiger partial charge in [-0.25, -0.2) is 9.59 Å². The molecule has 0 aliphatic carbocycles. The van der Waals surface area contributed by atoms with Crippen LogP contribution in [0.1, 0.15) is 24.8 Å². The van der Waals surface area contributed by atoms with Crippen molar-refractivity contribution >= 4 is 11.9 Å². The molecule has 20 heavy (non-hydrogen) atoms. The lowest BCUT2D eigenvalue weighted by Crippen LogP contribution is -2.54. The highest BCUT2D eigenvalue weighted by molar-refractivity contribution is 6.31. The number of aryl methyl sites for hydroxylation is 1. The Labute approximate surface area is 116 Å². The Morgan fingerprint density at radius 2 is 1.75 bits per heavy atom. The number of hydrogen-bond donors (Lipinski definition) is 0. The van der Waals surface area contributed by atoms with Crippen molar-refractivity contribution in [2.24, 2.45) is 0 Å². The standard InChI is InChI=1S/C14H15NO5/c1-10-4-6-11(7-5-10)20-15-9-3-2-8-14(15)18-12(16)13(17)19-14/h4-7H,2-3,8-9H2,1H3. The first-order chi connectivity index (χ1) is 9.59. The molecule has 2 aliphatic heterocycles. The van der Waals surface area contributed by atoms with E-state index in [1.54, 1.807) is 0 Å². The number of hydrogen-bond acceptors (Lipinski definition) is 6. The van der Waals surface area contributed by atoms with Crippen LogP contribution in [0.3, 0.4) is 0 Å². The average Bonchev–Trinajstić information content (AvgIpc) is 2.71. The summed E-state index contributed by atoms with van der Waals surface area (Å²) in [6.45, 7) is 2.50. The van der Waals surface area contributed by atoms with E-state index in [0.29, 0.717) is 18.7 Å². The van der Waals surface area contributed by atoms with E-state index in [4.69, 9.17) is 14.3 Å². The van der Waals surface area contributed by atoms with Crippen LogP contribution in [0.15, 0.2) is 24.3 Å². The van der Waals surface area contributed by atoms with Gasteiger partial charge in [-0.3, -0.25) is 0 Å². The van der Waals surface area contributed by atoms with E-state index in [9.17, 15) is 9.59 Å². The number of carbonyl (C=O) groups is 2. The van der Waals surface area contributed by atoms with Gasteiger partial charge in [-0.2, -0.15) is 0 Å². The highest BCUT2D eigenvalue weighted by Gasteiger charge is 2.55. The minimum atomic E-state index is -1.41. The number of carbonyl (C=O) groups excluding carboxylic acids is 2. The predicted octanol–water partition coefficient (Wildman–Crippen LogP) is 1.53. The predicted molar refractivity (Wildman–Crippen MR) is 67.3 cm³/mol. The lowest BCUT2D eigenvalue weighted by atomic mass is 10.1. The molecule has 3 rings (SSSR count). The van der Waals surface area contributed by atoms with Crippen LogP contribution in [0.5, 0.6) is 5.75 Å². The zero-order valence-electron chi connectivity index (χ0n) is 11.1. The quantitative estimate of drug-likeness (QED) is 0.603. The minimum absolute atomic E-state index is 0.413. The number of nitrogens with zero attached hydrogens (tertiary/aromatic N) is 1. The third-order valence-corrected chi connectivity index (χ3v) is 3.39. The number of ether oxygens (including phenoxy) is 2. The maximum atomic E-state index is 11.3. The molecule has 2 heterocycles. The van der Waals surface area contributed by atoms with Crippen molar-refractivity contribution in [2.45, 2.75) is 32.1 Å². The zero-order valence-corrected chi connectivity index (χ0v) is 11.1. The summed E-state index contributed by atoms with van der Waals surface area (Å²) in [6.07, 6.45) is 2.09. The van der Waals surface area contributed by atoms with Gasteiger partial charge in [0.1, 0.15) is 5.75 Å². The first-order valence-corrected chi connectivity index (χ1v) is 6.58. The van der Waals surface area contributed by atoms with Crippen molar-refractivity contribution in [3.8, 4) is 5.75 Å². The lowest BCUT2D eigenvalue weighted by molar-refractivity contribution is -0.341. The highest BCUT2D eigenvalue weighted by atomic mass is 16.9. The van der Waals surface area contributed by atoms with Crippen LogP contribution in [0, 0.1) is 6.92 Å². The second-order valence-corrected chi connectivity index (χ2v) is 4.96. The van der Waals surface area contributed by atoms with Gasteiger partial charge in [-0.15, -0.1) is 0 Å². The van der Waals surface area contributed by atoms with Gasteiger partial charge >= 0.3 is 17.8 Å². The molecule has 1 aromatic carbocycles. The van der Waals surface area contributed by atoms with Crippen LogP contribution in [-0.4, -0.2) is 29.5 Å². The number of benzene rings is 1. The van der Waals surface area contributed by atoms with Gasteiger partial charge in [-0.05, 0) is 31.9 Å². The summed E-state index contributed by atoms with van der Waals surface area (Å²) < 4.78 is 10.2. The number of esters is 2. The van der Waals surface area contributed by atoms with E-state index in [0.717, 1.165) is 18.4 Å². The van der Waals surface area contributed by atoms with Crippen LogP contribution in [0.2, 0.25) is 0 Å². The Morgan fingerprint density at radius 1 is 1.10 bits per heavy atom. The molecule has 6 heteroatoms. The van der Waals surface area contributed by atoms with Gasteiger partial charge in [0.25, 0.3) is 0 Å². The molecule has 0 N–H and O–H groups in total. The molecule has 2 aliphatic rings. The van der Waals surface area contributed by atoms with Gasteiger partial charge < -0.3 is 14.3 Å². The molecule has 0 aromatic heterocycles. The van der Waals surface area contributed by atoms with Crippen molar-refractivity contribution in [3.63, 3.8) is 0 Å². The SMILES string of the molecule is Cc1ccc(ON2CCCCC23OC(=O)C(=O)O3)cc1. The summed E-state index contributed by atoms with van der Waals surface area (Å²) >= 11 is 0. The van der Waals surface area contributed by atoms with Crippen molar-refractivity contribution in [2.75, 3.05) is 6.54 Å². The number of hydroxylamine groups is 2. The Balaban J connectivity index is 1.81. The van der Waals surface area contributed by atoms with Crippen LogP contribution in [0.4, 0.5) is 0 Å². The maximum Gasteiger partial charge on any atom is 0.422 e. The van der Waals surface area contributed by atoms with Crippen LogP contribution in [-0.2, 0) is 19.1 Å². The van der Waals surface area contributed by atoms with Gasteiger partial charge in [-0.1, -0.05) is 22.8 Å². The molecule has 0 bridgehead atoms. The molecule has 0 saturated carbocycles. The van der Waals surface area contributed by atoms with Gasteiger partial charge in [0.2, 0.25) is 0 Å². The molecule has 6 nitrogen and oxygen atoms in total. The lowest BCUT2D eigenvalue weighted by Gasteiger charge is -2.38. The molecular weight excluding hydrogens is 262 g/mol. The van der Waals surface area contributed by atoms with E-state index >= 15 is 0 Å². The first-order valence-electron chi connectivity index (χ1n) is 6.58. The fraction of sp³-hybridized carbons (Fsp3) is 0.429. The topological polar surface area (TPSA) is 65.1 Å². The molecule has 1 spiro atoms. The van der Waals surface area contributed by atoms with E-state index in [1.807, 2.05) is 31.2 Å². The van der Waals surface area contributed by atoms with E-state index in [-0.39, 0.29) is 0 Å². The monoisotopic (exact) mass is 277 g/mol. The van der Waals surface area contributed by atoms with Crippen molar-refractivity contribution in [1.29, 1.82) is 0 Å². The zero-order chi connectivity index (χ0) is 14.2. The second kappa shape index (κ2) is 4.79. The van der Waals surface area contributed by atoms with Crippen LogP contribution >= 0.6 is 0 Å². The van der Waals surface area contributed by atoms with Crippen molar-refractivity contribution in [3.05, 3.63) is 29.8 Å². The van der Waals surface area contributed by atoms with Gasteiger partial charge in [0.15, 0.2) is 0 Å². The minimum Gasteiger partial charge on any atom is -0.399 e. The second-order valence-electron chi connectivity index (χ2n) is 4.96. The summed E-state index contributed by atoms with van der Waals surface area (Å²) in [4.78, 5) is 28.3. The normalized spacial score (nSPS) is 21.6. The van der Waals surface area contributed by atoms with Gasteiger partial charge in [0.05, 0.1) is 0 Å². The summed E-state index contributed by atoms with van der Waals surface area (Å²) in [7, 11) is 0. The molecule has 2 saturated heterocycles. The highest BCUT2D eigenvalue weighted by Crippen LogP contribution is 2.35. The molecule has 1 aromatic rings. The fourth-order valence-electron chi connectivity index (χ4n) is 2.34. The largest absolute Gasteiger partial charge is 0.422 e. The van der Waals surface area contributed by atoms with E-state index in [1.165, 1.54) is 5.06 Å². The number of rotatable bonds is 2. The smallest absolute Gasteiger partial charge is 0.399 e. The Morgan fingerprint density at radius 3 is 2.40 bits per heavy atom. The Hall–Kier alpha value is -2.08. The Kier molecular flexibility index (Phi) is 3.10. The molecule has 0 unspecified atom stereocenters. The van der Waals surface area contributed by atoms with E-state index in [2.05, 4.69) is 0 Å². The van der Waals surface area contributed by atoms with E-state index < -0.39 is 17.8 Å². The molecule has 2 fully saturated rings. The molecule has 106 valence electrons. The first kappa shape index (κ1) is 12.9. The fourth-order valence-corrected chi connectivity index (χ4v) is 2.34. The molecular formula is C14H15NO5. The third kappa shape index (κ3) is 2.22. The summed E-state index contributed by atoms with van der Waals surface area (Å²) in [6, 6.07) is 7.46. The summed E-state index contributed by atoms with van der Waals surface area (Å²) in [5.74, 6) is -2.73. The molecule has 0 atom stereocenters. The summed E-state index contributed by atoms with van der Waals surface area (Å²) in [5, 5.41) is 1.43. The third-order valence-electron chi connectivity index (χ3n) is 3.39. The Bertz CT molecular complexity index is 523. The number of piperidine rings is 1. The van der Waals surface area contributed by atoms with Crippen molar-refractivity contribution in [1.82, 2.24) is 5.06 Å². The van der Waals surface area contributed by atoms with Crippen molar-refractivity contribution < 1.29 is 23.9 Å². The summed E-state index contributed by atoms with van der Waals surface area (Å²) in [5.41, 5.74) is 1.12. The maximum absolute atomic E-state index is 11.3. The molecule has 0 amide bonds.